The first-order valence-corrected chi connectivity index (χ1v) is 11.2. The zero-order valence-corrected chi connectivity index (χ0v) is 20.0. The number of pyridine rings is 1. The standard InChI is InChI=1S/C23H40N6O2/c1-22(2,3)31-21(30)28-23(4,5)17-27-20(24-6)26-16-18-11-12-25-19(15-18)29-13-9-7-8-10-14-29/h11-12,15H,7-10,13-14,16-17H2,1-6H3,(H,28,30)(H2,24,26,27). The van der Waals surface area contributed by atoms with E-state index in [1.54, 1.807) is 7.05 Å². The van der Waals surface area contributed by atoms with E-state index in [0.29, 0.717) is 19.0 Å². The molecule has 1 aliphatic rings. The quantitative estimate of drug-likeness (QED) is 0.471. The number of hydrogen-bond acceptors (Lipinski definition) is 5. The van der Waals surface area contributed by atoms with Crippen LogP contribution in [0.25, 0.3) is 0 Å². The van der Waals surface area contributed by atoms with Crippen molar-refractivity contribution in [2.24, 2.45) is 4.99 Å². The van der Waals surface area contributed by atoms with Crippen LogP contribution in [0.15, 0.2) is 23.3 Å². The third-order valence-corrected chi connectivity index (χ3v) is 4.96. The maximum atomic E-state index is 12.1. The number of anilines is 1. The van der Waals surface area contributed by atoms with E-state index in [4.69, 9.17) is 4.74 Å². The zero-order chi connectivity index (χ0) is 22.9. The third kappa shape index (κ3) is 9.44. The average Bonchev–Trinajstić information content (AvgIpc) is 2.96. The number of carbonyl (C=O) groups is 1. The SMILES string of the molecule is CN=C(NCc1ccnc(N2CCCCCC2)c1)NCC(C)(C)NC(=O)OC(C)(C)C. The molecule has 0 atom stereocenters. The predicted molar refractivity (Wildman–Crippen MR) is 127 cm³/mol. The predicted octanol–water partition coefficient (Wildman–Crippen LogP) is 3.43. The van der Waals surface area contributed by atoms with Gasteiger partial charge in [0.25, 0.3) is 0 Å². The van der Waals surface area contributed by atoms with Crippen LogP contribution in [0.1, 0.15) is 65.9 Å². The Kier molecular flexibility index (Phi) is 8.95. The molecule has 2 rings (SSSR count). The largest absolute Gasteiger partial charge is 0.444 e. The number of ether oxygens (including phenoxy) is 1. The summed E-state index contributed by atoms with van der Waals surface area (Å²) in [5.74, 6) is 1.72. The minimum atomic E-state index is -0.526. The Hall–Kier alpha value is -2.51. The molecule has 174 valence electrons. The number of nitrogens with one attached hydrogen (secondary N) is 3. The molecule has 0 aromatic carbocycles. The van der Waals surface area contributed by atoms with E-state index >= 15 is 0 Å². The van der Waals surface area contributed by atoms with Crippen LogP contribution in [0.4, 0.5) is 10.6 Å². The van der Waals surface area contributed by atoms with Crippen molar-refractivity contribution in [1.82, 2.24) is 20.9 Å². The number of hydrogen-bond donors (Lipinski definition) is 3. The van der Waals surface area contributed by atoms with Crippen molar-refractivity contribution in [2.45, 2.75) is 78.0 Å². The first-order chi connectivity index (χ1) is 14.6. The molecule has 2 heterocycles. The van der Waals surface area contributed by atoms with Crippen molar-refractivity contribution in [1.29, 1.82) is 0 Å². The molecule has 0 spiro atoms. The number of carbonyl (C=O) groups excluding carboxylic acids is 1. The van der Waals surface area contributed by atoms with Gasteiger partial charge in [-0.3, -0.25) is 4.99 Å². The lowest BCUT2D eigenvalue weighted by Crippen LogP contribution is -2.54. The summed E-state index contributed by atoms with van der Waals surface area (Å²) < 4.78 is 5.35. The van der Waals surface area contributed by atoms with Gasteiger partial charge >= 0.3 is 6.09 Å². The van der Waals surface area contributed by atoms with Gasteiger partial charge in [-0.2, -0.15) is 0 Å². The lowest BCUT2D eigenvalue weighted by atomic mass is 10.1. The molecule has 1 fully saturated rings. The molecule has 0 aliphatic carbocycles. The zero-order valence-electron chi connectivity index (χ0n) is 20.0. The molecular weight excluding hydrogens is 392 g/mol. The maximum Gasteiger partial charge on any atom is 0.408 e. The Balaban J connectivity index is 1.85. The van der Waals surface area contributed by atoms with E-state index in [9.17, 15) is 4.79 Å². The summed E-state index contributed by atoms with van der Waals surface area (Å²) in [7, 11) is 1.73. The Bertz CT molecular complexity index is 734. The molecule has 0 unspecified atom stereocenters. The molecule has 31 heavy (non-hydrogen) atoms. The minimum Gasteiger partial charge on any atom is -0.444 e. The molecule has 0 bridgehead atoms. The summed E-state index contributed by atoms with van der Waals surface area (Å²) in [5.41, 5.74) is 0.127. The molecule has 8 heteroatoms. The summed E-state index contributed by atoms with van der Waals surface area (Å²) in [6.45, 7) is 12.7. The molecule has 1 aromatic heterocycles. The monoisotopic (exact) mass is 432 g/mol. The van der Waals surface area contributed by atoms with Crippen LogP contribution >= 0.6 is 0 Å². The number of rotatable bonds is 6. The van der Waals surface area contributed by atoms with Crippen LogP contribution in [-0.4, -0.2) is 54.9 Å². The van der Waals surface area contributed by atoms with E-state index in [2.05, 4.69) is 36.9 Å². The second-order valence-electron chi connectivity index (χ2n) is 9.71. The van der Waals surface area contributed by atoms with E-state index in [1.807, 2.05) is 46.9 Å². The first-order valence-electron chi connectivity index (χ1n) is 11.2. The van der Waals surface area contributed by atoms with Crippen molar-refractivity contribution in [3.63, 3.8) is 0 Å². The number of guanidine groups is 1. The minimum absolute atomic E-state index is 0.430. The Morgan fingerprint density at radius 1 is 1.13 bits per heavy atom. The lowest BCUT2D eigenvalue weighted by Gasteiger charge is -2.29. The smallest absolute Gasteiger partial charge is 0.408 e. The summed E-state index contributed by atoms with van der Waals surface area (Å²) >= 11 is 0. The molecule has 3 N–H and O–H groups in total. The second kappa shape index (κ2) is 11.2. The van der Waals surface area contributed by atoms with Crippen molar-refractivity contribution in [3.05, 3.63) is 23.9 Å². The maximum absolute atomic E-state index is 12.1. The van der Waals surface area contributed by atoms with Crippen LogP contribution in [0.3, 0.4) is 0 Å². The fourth-order valence-corrected chi connectivity index (χ4v) is 3.38. The molecular formula is C23H40N6O2. The van der Waals surface area contributed by atoms with Crippen LogP contribution in [-0.2, 0) is 11.3 Å². The highest BCUT2D eigenvalue weighted by molar-refractivity contribution is 5.79. The topological polar surface area (TPSA) is 90.9 Å². The molecule has 0 saturated carbocycles. The van der Waals surface area contributed by atoms with Crippen LogP contribution in [0.2, 0.25) is 0 Å². The van der Waals surface area contributed by atoms with Gasteiger partial charge < -0.3 is 25.6 Å². The normalized spacial score (nSPS) is 15.8. The van der Waals surface area contributed by atoms with Gasteiger partial charge in [0.2, 0.25) is 0 Å². The van der Waals surface area contributed by atoms with E-state index in [-0.39, 0.29) is 0 Å². The second-order valence-corrected chi connectivity index (χ2v) is 9.71. The number of aliphatic imine (C=N–C) groups is 1. The van der Waals surface area contributed by atoms with Gasteiger partial charge in [0.1, 0.15) is 11.4 Å². The van der Waals surface area contributed by atoms with E-state index in [1.165, 1.54) is 25.7 Å². The fourth-order valence-electron chi connectivity index (χ4n) is 3.38. The van der Waals surface area contributed by atoms with Crippen LogP contribution in [0.5, 0.6) is 0 Å². The van der Waals surface area contributed by atoms with Gasteiger partial charge in [-0.15, -0.1) is 0 Å². The first kappa shape index (κ1) is 24.8. The van der Waals surface area contributed by atoms with Gasteiger partial charge in [0.05, 0.1) is 5.54 Å². The Morgan fingerprint density at radius 2 is 1.81 bits per heavy atom. The van der Waals surface area contributed by atoms with Crippen molar-refractivity contribution < 1.29 is 9.53 Å². The van der Waals surface area contributed by atoms with E-state index < -0.39 is 17.2 Å². The van der Waals surface area contributed by atoms with Crippen molar-refractivity contribution in [2.75, 3.05) is 31.6 Å². The molecule has 1 amide bonds. The summed E-state index contributed by atoms with van der Waals surface area (Å²) in [6, 6.07) is 4.18. The Labute approximate surface area is 187 Å². The van der Waals surface area contributed by atoms with Gasteiger partial charge in [-0.25, -0.2) is 9.78 Å². The molecule has 8 nitrogen and oxygen atoms in total. The van der Waals surface area contributed by atoms with Gasteiger partial charge in [0, 0.05) is 39.4 Å². The highest BCUT2D eigenvalue weighted by atomic mass is 16.6. The number of nitrogens with zero attached hydrogens (tertiary/aromatic N) is 3. The molecule has 1 aromatic rings. The van der Waals surface area contributed by atoms with Gasteiger partial charge in [-0.1, -0.05) is 12.8 Å². The lowest BCUT2D eigenvalue weighted by molar-refractivity contribution is 0.0474. The van der Waals surface area contributed by atoms with Crippen molar-refractivity contribution in [3.8, 4) is 0 Å². The third-order valence-electron chi connectivity index (χ3n) is 4.96. The summed E-state index contributed by atoms with van der Waals surface area (Å²) in [6.07, 6.45) is 6.51. The highest BCUT2D eigenvalue weighted by Gasteiger charge is 2.24. The van der Waals surface area contributed by atoms with Gasteiger partial charge in [0.15, 0.2) is 5.96 Å². The summed E-state index contributed by atoms with van der Waals surface area (Å²) in [5, 5.41) is 9.51. The number of alkyl carbamates (subject to hydrolysis) is 1. The van der Waals surface area contributed by atoms with E-state index in [0.717, 1.165) is 24.5 Å². The molecule has 1 aliphatic heterocycles. The summed E-state index contributed by atoms with van der Waals surface area (Å²) in [4.78, 5) is 23.3. The van der Waals surface area contributed by atoms with Crippen LogP contribution in [0, 0.1) is 0 Å². The number of aromatic nitrogens is 1. The molecule has 1 saturated heterocycles. The van der Waals surface area contributed by atoms with Crippen LogP contribution < -0.4 is 20.9 Å². The fraction of sp³-hybridized carbons (Fsp3) is 0.696. The Morgan fingerprint density at radius 3 is 2.42 bits per heavy atom. The van der Waals surface area contributed by atoms with Gasteiger partial charge in [-0.05, 0) is 65.2 Å². The highest BCUT2D eigenvalue weighted by Crippen LogP contribution is 2.18. The van der Waals surface area contributed by atoms with Crippen molar-refractivity contribution >= 4 is 17.9 Å². The molecule has 0 radical (unpaired) electrons. The number of amides is 1. The average molecular weight is 433 g/mol.